The summed E-state index contributed by atoms with van der Waals surface area (Å²) in [6.45, 7) is -0.180. The minimum atomic E-state index is -4.55. The average molecular weight is 336 g/mol. The van der Waals surface area contributed by atoms with E-state index < -0.39 is 36.9 Å². The zero-order chi connectivity index (χ0) is 17.8. The van der Waals surface area contributed by atoms with E-state index in [1.54, 1.807) is 5.32 Å². The van der Waals surface area contributed by atoms with Crippen molar-refractivity contribution < 1.29 is 37.1 Å². The van der Waals surface area contributed by atoms with Crippen LogP contribution < -0.4 is 5.32 Å². The van der Waals surface area contributed by atoms with Gasteiger partial charge in [0.2, 0.25) is 11.8 Å². The van der Waals surface area contributed by atoms with Crippen LogP contribution in [-0.2, 0) is 16.1 Å². The summed E-state index contributed by atoms with van der Waals surface area (Å²) in [6.07, 6.45) is -5.30. The van der Waals surface area contributed by atoms with Gasteiger partial charge in [0, 0.05) is 7.05 Å². The highest BCUT2D eigenvalue weighted by Gasteiger charge is 2.28. The number of halogens is 3. The van der Waals surface area contributed by atoms with Crippen LogP contribution in [0.4, 0.5) is 13.2 Å². The molecule has 10 heteroatoms. The Morgan fingerprint density at radius 3 is 2.43 bits per heavy atom. The number of carboxylic acids is 1. The van der Waals surface area contributed by atoms with Crippen LogP contribution in [0.15, 0.2) is 10.5 Å². The third-order valence-electron chi connectivity index (χ3n) is 2.82. The van der Waals surface area contributed by atoms with Gasteiger partial charge in [-0.1, -0.05) is 0 Å². The van der Waals surface area contributed by atoms with Crippen molar-refractivity contribution in [1.29, 1.82) is 0 Å². The highest BCUT2D eigenvalue weighted by Crippen LogP contribution is 2.16. The SMILES string of the molecule is Cc1oc(CN(C)C(=O)CC(=O)NCC(F)(F)F)cc1C(=O)O. The van der Waals surface area contributed by atoms with E-state index in [9.17, 15) is 27.6 Å². The fourth-order valence-corrected chi connectivity index (χ4v) is 1.69. The standard InChI is InChI=1S/C13H15F3N2O5/c1-7-9(12(21)22)3-8(23-7)5-18(2)11(20)4-10(19)17-6-13(14,15)16/h3H,4-6H2,1-2H3,(H,17,19)(H,21,22). The van der Waals surface area contributed by atoms with Gasteiger partial charge in [0.15, 0.2) is 0 Å². The van der Waals surface area contributed by atoms with Gasteiger partial charge in [-0.15, -0.1) is 0 Å². The Hall–Kier alpha value is -2.52. The van der Waals surface area contributed by atoms with Crippen LogP contribution in [0.1, 0.15) is 28.3 Å². The quantitative estimate of drug-likeness (QED) is 0.763. The van der Waals surface area contributed by atoms with Crippen LogP contribution in [-0.4, -0.2) is 47.6 Å². The topological polar surface area (TPSA) is 99.9 Å². The molecule has 0 saturated carbocycles. The number of carbonyl (C=O) groups excluding carboxylic acids is 2. The van der Waals surface area contributed by atoms with Crippen molar-refractivity contribution in [2.45, 2.75) is 26.1 Å². The zero-order valence-electron chi connectivity index (χ0n) is 12.4. The van der Waals surface area contributed by atoms with Gasteiger partial charge in [-0.05, 0) is 13.0 Å². The molecule has 0 aromatic carbocycles. The highest BCUT2D eigenvalue weighted by atomic mass is 19.4. The molecule has 128 valence electrons. The van der Waals surface area contributed by atoms with Gasteiger partial charge in [0.05, 0.1) is 6.54 Å². The second-order valence-electron chi connectivity index (χ2n) is 4.81. The molecule has 23 heavy (non-hydrogen) atoms. The molecule has 2 amide bonds. The number of carboxylic acid groups (broad SMARTS) is 1. The van der Waals surface area contributed by atoms with Crippen molar-refractivity contribution in [2.75, 3.05) is 13.6 Å². The van der Waals surface area contributed by atoms with Gasteiger partial charge in [-0.25, -0.2) is 4.79 Å². The largest absolute Gasteiger partial charge is 0.478 e. The molecule has 0 aliphatic carbocycles. The zero-order valence-corrected chi connectivity index (χ0v) is 12.4. The van der Waals surface area contributed by atoms with E-state index in [0.717, 1.165) is 4.90 Å². The predicted molar refractivity (Wildman–Crippen MR) is 70.6 cm³/mol. The molecule has 0 bridgehead atoms. The average Bonchev–Trinajstić information content (AvgIpc) is 2.76. The third kappa shape index (κ3) is 6.01. The number of hydrogen-bond donors (Lipinski definition) is 2. The first-order valence-corrected chi connectivity index (χ1v) is 6.39. The lowest BCUT2D eigenvalue weighted by Crippen LogP contribution is -2.37. The molecule has 1 heterocycles. The van der Waals surface area contributed by atoms with Crippen molar-refractivity contribution in [3.05, 3.63) is 23.2 Å². The van der Waals surface area contributed by atoms with E-state index in [1.807, 2.05) is 0 Å². The van der Waals surface area contributed by atoms with Crippen LogP contribution in [0.3, 0.4) is 0 Å². The van der Waals surface area contributed by atoms with Gasteiger partial charge in [-0.2, -0.15) is 13.2 Å². The molecule has 0 aliphatic rings. The fourth-order valence-electron chi connectivity index (χ4n) is 1.69. The minimum absolute atomic E-state index is 0.0521. The van der Waals surface area contributed by atoms with Gasteiger partial charge < -0.3 is 19.7 Å². The Morgan fingerprint density at radius 1 is 1.35 bits per heavy atom. The lowest BCUT2D eigenvalue weighted by atomic mass is 10.2. The van der Waals surface area contributed by atoms with E-state index >= 15 is 0 Å². The fraction of sp³-hybridized carbons (Fsp3) is 0.462. The number of rotatable bonds is 6. The maximum Gasteiger partial charge on any atom is 0.405 e. The highest BCUT2D eigenvalue weighted by molar-refractivity contribution is 5.96. The van der Waals surface area contributed by atoms with Gasteiger partial charge in [-0.3, -0.25) is 9.59 Å². The molecule has 0 fully saturated rings. The number of nitrogens with one attached hydrogen (secondary N) is 1. The predicted octanol–water partition coefficient (Wildman–Crippen LogP) is 1.31. The van der Waals surface area contributed by atoms with Crippen LogP contribution in [0, 0.1) is 6.92 Å². The molecular weight excluding hydrogens is 321 g/mol. The van der Waals surface area contributed by atoms with Crippen molar-refractivity contribution in [3.63, 3.8) is 0 Å². The van der Waals surface area contributed by atoms with Crippen LogP contribution in [0.25, 0.3) is 0 Å². The Labute approximate surface area is 129 Å². The number of nitrogens with zero attached hydrogens (tertiary/aromatic N) is 1. The first kappa shape index (κ1) is 18.5. The number of hydrogen-bond acceptors (Lipinski definition) is 4. The summed E-state index contributed by atoms with van der Waals surface area (Å²) >= 11 is 0. The Bertz CT molecular complexity index is 609. The molecule has 7 nitrogen and oxygen atoms in total. The van der Waals surface area contributed by atoms with Crippen molar-refractivity contribution in [1.82, 2.24) is 10.2 Å². The molecule has 0 radical (unpaired) electrons. The Balaban J connectivity index is 2.55. The Kier molecular flexibility index (Phi) is 5.77. The van der Waals surface area contributed by atoms with E-state index in [2.05, 4.69) is 0 Å². The summed E-state index contributed by atoms with van der Waals surface area (Å²) in [5.41, 5.74) is -0.0521. The number of aryl methyl sites for hydroxylation is 1. The van der Waals surface area contributed by atoms with E-state index in [-0.39, 0.29) is 23.6 Å². The van der Waals surface area contributed by atoms with Crippen LogP contribution in [0.5, 0.6) is 0 Å². The maximum absolute atomic E-state index is 11.9. The van der Waals surface area contributed by atoms with Gasteiger partial charge in [0.1, 0.15) is 30.0 Å². The third-order valence-corrected chi connectivity index (χ3v) is 2.82. The molecular formula is C13H15F3N2O5. The van der Waals surface area contributed by atoms with Crippen LogP contribution in [0.2, 0.25) is 0 Å². The van der Waals surface area contributed by atoms with Crippen molar-refractivity contribution in [2.24, 2.45) is 0 Å². The van der Waals surface area contributed by atoms with E-state index in [0.29, 0.717) is 0 Å². The number of carbonyl (C=O) groups is 3. The van der Waals surface area contributed by atoms with Gasteiger partial charge >= 0.3 is 12.1 Å². The lowest BCUT2D eigenvalue weighted by molar-refractivity contribution is -0.143. The number of furan rings is 1. The van der Waals surface area contributed by atoms with Crippen molar-refractivity contribution >= 4 is 17.8 Å². The number of amides is 2. The maximum atomic E-state index is 11.9. The summed E-state index contributed by atoms with van der Waals surface area (Å²) in [5.74, 6) is -2.61. The molecule has 1 aromatic rings. The minimum Gasteiger partial charge on any atom is -0.478 e. The Morgan fingerprint density at radius 2 is 1.96 bits per heavy atom. The molecule has 0 unspecified atom stereocenters. The monoisotopic (exact) mass is 336 g/mol. The number of alkyl halides is 3. The van der Waals surface area contributed by atoms with Crippen LogP contribution >= 0.6 is 0 Å². The smallest absolute Gasteiger partial charge is 0.405 e. The molecule has 0 spiro atoms. The lowest BCUT2D eigenvalue weighted by Gasteiger charge is -2.15. The summed E-state index contributed by atoms with van der Waals surface area (Å²) in [5, 5.41) is 10.5. The molecule has 0 saturated heterocycles. The first-order chi connectivity index (χ1) is 10.5. The molecule has 1 aromatic heterocycles. The summed E-state index contributed by atoms with van der Waals surface area (Å²) in [7, 11) is 1.32. The number of aromatic carboxylic acids is 1. The van der Waals surface area contributed by atoms with E-state index in [4.69, 9.17) is 9.52 Å². The molecule has 1 rings (SSSR count). The summed E-state index contributed by atoms with van der Waals surface area (Å²) < 4.78 is 41.0. The summed E-state index contributed by atoms with van der Waals surface area (Å²) in [6, 6.07) is 1.24. The van der Waals surface area contributed by atoms with E-state index in [1.165, 1.54) is 20.0 Å². The van der Waals surface area contributed by atoms with Crippen molar-refractivity contribution in [3.8, 4) is 0 Å². The molecule has 0 aliphatic heterocycles. The molecule has 0 atom stereocenters. The first-order valence-electron chi connectivity index (χ1n) is 6.39. The molecule has 2 N–H and O–H groups in total. The normalized spacial score (nSPS) is 11.2. The summed E-state index contributed by atoms with van der Waals surface area (Å²) in [4.78, 5) is 34.9. The second kappa shape index (κ2) is 7.16. The second-order valence-corrected chi connectivity index (χ2v) is 4.81. The van der Waals surface area contributed by atoms with Gasteiger partial charge in [0.25, 0.3) is 0 Å².